The number of rotatable bonds is 11. The minimum atomic E-state index is -0.865. The molecule has 1 atom stereocenters. The van der Waals surface area contributed by atoms with Gasteiger partial charge in [0.1, 0.15) is 0 Å². The average Bonchev–Trinajstić information content (AvgIpc) is 2.37. The number of nitrogens with one attached hydrogen (secondary N) is 2. The quantitative estimate of drug-likeness (QED) is 0.511. The van der Waals surface area contributed by atoms with E-state index in [0.29, 0.717) is 6.54 Å². The van der Waals surface area contributed by atoms with Gasteiger partial charge in [-0.3, -0.25) is 4.79 Å². The molecule has 0 spiro atoms. The van der Waals surface area contributed by atoms with Crippen molar-refractivity contribution in [1.29, 1.82) is 0 Å². The lowest BCUT2D eigenvalue weighted by molar-refractivity contribution is -0.142. The van der Waals surface area contributed by atoms with E-state index >= 15 is 0 Å². The minimum absolute atomic E-state index is 0.00589. The first-order chi connectivity index (χ1) is 9.49. The van der Waals surface area contributed by atoms with Gasteiger partial charge in [-0.05, 0) is 12.3 Å². The van der Waals surface area contributed by atoms with Crippen molar-refractivity contribution in [3.8, 4) is 0 Å². The molecule has 0 saturated carbocycles. The summed E-state index contributed by atoms with van der Waals surface area (Å²) in [6, 6.07) is -0.273. The van der Waals surface area contributed by atoms with E-state index in [1.165, 1.54) is 25.7 Å². The zero-order valence-corrected chi connectivity index (χ0v) is 13.1. The fourth-order valence-electron chi connectivity index (χ4n) is 1.98. The Morgan fingerprint density at radius 1 is 1.00 bits per heavy atom. The minimum Gasteiger partial charge on any atom is -0.481 e. The molecule has 0 saturated heterocycles. The van der Waals surface area contributed by atoms with Crippen LogP contribution in [0.1, 0.15) is 59.3 Å². The van der Waals surface area contributed by atoms with Crippen LogP contribution >= 0.6 is 0 Å². The van der Waals surface area contributed by atoms with E-state index in [9.17, 15) is 9.59 Å². The van der Waals surface area contributed by atoms with Crippen LogP contribution in [-0.4, -0.2) is 30.2 Å². The number of carbonyl (C=O) groups is 2. The summed E-state index contributed by atoms with van der Waals surface area (Å²) in [4.78, 5) is 22.5. The van der Waals surface area contributed by atoms with Crippen LogP contribution in [0, 0.1) is 11.8 Å². The second-order valence-electron chi connectivity index (χ2n) is 5.59. The molecule has 0 aromatic carbocycles. The summed E-state index contributed by atoms with van der Waals surface area (Å²) < 4.78 is 0. The Morgan fingerprint density at radius 2 is 1.60 bits per heavy atom. The van der Waals surface area contributed by atoms with Crippen LogP contribution in [0.3, 0.4) is 0 Å². The van der Waals surface area contributed by atoms with Gasteiger partial charge in [-0.1, -0.05) is 52.9 Å². The van der Waals surface area contributed by atoms with Crippen molar-refractivity contribution in [3.05, 3.63) is 0 Å². The summed E-state index contributed by atoms with van der Waals surface area (Å²) >= 11 is 0. The zero-order valence-electron chi connectivity index (χ0n) is 13.1. The number of amides is 2. The molecular weight excluding hydrogens is 256 g/mol. The van der Waals surface area contributed by atoms with Crippen LogP contribution in [0.5, 0.6) is 0 Å². The van der Waals surface area contributed by atoms with E-state index in [4.69, 9.17) is 5.11 Å². The van der Waals surface area contributed by atoms with Gasteiger partial charge in [0.15, 0.2) is 0 Å². The van der Waals surface area contributed by atoms with Gasteiger partial charge in [-0.15, -0.1) is 0 Å². The maximum atomic E-state index is 11.5. The molecule has 3 N–H and O–H groups in total. The van der Waals surface area contributed by atoms with Gasteiger partial charge in [0.25, 0.3) is 0 Å². The number of hydrogen-bond acceptors (Lipinski definition) is 2. The van der Waals surface area contributed by atoms with E-state index in [0.717, 1.165) is 12.8 Å². The highest BCUT2D eigenvalue weighted by atomic mass is 16.4. The number of aliphatic carboxylic acids is 1. The van der Waals surface area contributed by atoms with Gasteiger partial charge in [-0.25, -0.2) is 4.79 Å². The Kier molecular flexibility index (Phi) is 10.8. The molecule has 5 heteroatoms. The molecule has 118 valence electrons. The Balaban J connectivity index is 3.61. The number of hydrogen-bond donors (Lipinski definition) is 3. The van der Waals surface area contributed by atoms with E-state index < -0.39 is 11.9 Å². The van der Waals surface area contributed by atoms with Crippen molar-refractivity contribution in [2.45, 2.75) is 59.3 Å². The Bertz CT molecular complexity index is 280. The maximum Gasteiger partial charge on any atom is 0.314 e. The number of carbonyl (C=O) groups excluding carboxylic acids is 1. The van der Waals surface area contributed by atoms with Crippen molar-refractivity contribution >= 4 is 12.0 Å². The van der Waals surface area contributed by atoms with E-state index in [2.05, 4.69) is 17.6 Å². The molecule has 1 unspecified atom stereocenters. The molecule has 5 nitrogen and oxygen atoms in total. The monoisotopic (exact) mass is 286 g/mol. The molecule has 20 heavy (non-hydrogen) atoms. The third kappa shape index (κ3) is 9.64. The van der Waals surface area contributed by atoms with Gasteiger partial charge in [-0.2, -0.15) is 0 Å². The number of unbranched alkanes of at least 4 members (excludes halogenated alkanes) is 5. The van der Waals surface area contributed by atoms with Gasteiger partial charge in [0.05, 0.1) is 5.92 Å². The fourth-order valence-corrected chi connectivity index (χ4v) is 1.98. The van der Waals surface area contributed by atoms with Gasteiger partial charge < -0.3 is 15.7 Å². The zero-order chi connectivity index (χ0) is 15.4. The van der Waals surface area contributed by atoms with Crippen LogP contribution in [0.2, 0.25) is 0 Å². The SMILES string of the molecule is CCCCCCCCNC(=O)NCC(C(=O)O)C(C)C. The normalized spacial score (nSPS) is 12.2. The van der Waals surface area contributed by atoms with Crippen LogP contribution in [0.15, 0.2) is 0 Å². The Labute approximate surface area is 122 Å². The summed E-state index contributed by atoms with van der Waals surface area (Å²) in [7, 11) is 0. The first-order valence-electron chi connectivity index (χ1n) is 7.73. The topological polar surface area (TPSA) is 78.4 Å². The lowest BCUT2D eigenvalue weighted by atomic mass is 9.96. The molecule has 0 bridgehead atoms. The van der Waals surface area contributed by atoms with Crippen molar-refractivity contribution in [2.24, 2.45) is 11.8 Å². The predicted molar refractivity (Wildman–Crippen MR) is 80.7 cm³/mol. The van der Waals surface area contributed by atoms with Crippen LogP contribution in [0.4, 0.5) is 4.79 Å². The maximum absolute atomic E-state index is 11.5. The molecule has 2 amide bonds. The van der Waals surface area contributed by atoms with Crippen molar-refractivity contribution < 1.29 is 14.7 Å². The first kappa shape index (κ1) is 18.7. The standard InChI is InChI=1S/C15H30N2O3/c1-4-5-6-7-8-9-10-16-15(20)17-11-13(12(2)3)14(18)19/h12-13H,4-11H2,1-3H3,(H,18,19)(H2,16,17,20). The third-order valence-corrected chi connectivity index (χ3v) is 3.42. The molecule has 0 rings (SSSR count). The molecule has 0 heterocycles. The molecule has 0 aliphatic carbocycles. The predicted octanol–water partition coefficient (Wildman–Crippen LogP) is 3.00. The van der Waals surface area contributed by atoms with E-state index in [-0.39, 0.29) is 18.5 Å². The highest BCUT2D eigenvalue weighted by molar-refractivity contribution is 5.75. The van der Waals surface area contributed by atoms with E-state index in [1.54, 1.807) is 0 Å². The lowest BCUT2D eigenvalue weighted by Crippen LogP contribution is -2.41. The molecule has 0 aromatic rings. The smallest absolute Gasteiger partial charge is 0.314 e. The van der Waals surface area contributed by atoms with Crippen molar-refractivity contribution in [3.63, 3.8) is 0 Å². The highest BCUT2D eigenvalue weighted by Gasteiger charge is 2.21. The van der Waals surface area contributed by atoms with E-state index in [1.807, 2.05) is 13.8 Å². The summed E-state index contributed by atoms with van der Waals surface area (Å²) in [6.07, 6.45) is 7.09. The van der Waals surface area contributed by atoms with Crippen molar-refractivity contribution in [2.75, 3.05) is 13.1 Å². The van der Waals surface area contributed by atoms with Gasteiger partial charge in [0.2, 0.25) is 0 Å². The second kappa shape index (κ2) is 11.6. The molecule has 0 aromatic heterocycles. The molecule has 0 radical (unpaired) electrons. The second-order valence-corrected chi connectivity index (χ2v) is 5.59. The van der Waals surface area contributed by atoms with Crippen LogP contribution in [0.25, 0.3) is 0 Å². The average molecular weight is 286 g/mol. The molecule has 0 aliphatic rings. The molecular formula is C15H30N2O3. The summed E-state index contributed by atoms with van der Waals surface area (Å²) in [6.45, 7) is 6.70. The Hall–Kier alpha value is -1.26. The molecule has 0 aliphatic heterocycles. The molecule has 0 fully saturated rings. The van der Waals surface area contributed by atoms with Gasteiger partial charge >= 0.3 is 12.0 Å². The van der Waals surface area contributed by atoms with Crippen molar-refractivity contribution in [1.82, 2.24) is 10.6 Å². The number of carboxylic acids is 1. The first-order valence-corrected chi connectivity index (χ1v) is 7.73. The summed E-state index contributed by atoms with van der Waals surface area (Å²) in [5.41, 5.74) is 0. The lowest BCUT2D eigenvalue weighted by Gasteiger charge is -2.16. The number of urea groups is 1. The largest absolute Gasteiger partial charge is 0.481 e. The summed E-state index contributed by atoms with van der Waals surface area (Å²) in [5, 5.41) is 14.4. The fraction of sp³-hybridized carbons (Fsp3) is 0.867. The summed E-state index contributed by atoms with van der Waals surface area (Å²) in [5.74, 6) is -1.39. The third-order valence-electron chi connectivity index (χ3n) is 3.42. The van der Waals surface area contributed by atoms with Crippen LogP contribution in [-0.2, 0) is 4.79 Å². The van der Waals surface area contributed by atoms with Gasteiger partial charge in [0, 0.05) is 13.1 Å². The highest BCUT2D eigenvalue weighted by Crippen LogP contribution is 2.09. The Morgan fingerprint density at radius 3 is 2.15 bits per heavy atom. The van der Waals surface area contributed by atoms with Crippen LogP contribution < -0.4 is 10.6 Å². The number of carboxylic acid groups (broad SMARTS) is 1.